The van der Waals surface area contributed by atoms with Crippen molar-refractivity contribution in [1.29, 1.82) is 0 Å². The summed E-state index contributed by atoms with van der Waals surface area (Å²) in [4.78, 5) is 34.9. The summed E-state index contributed by atoms with van der Waals surface area (Å²) in [7, 11) is 0. The molecule has 1 amide bonds. The topological polar surface area (TPSA) is 119 Å². The second kappa shape index (κ2) is 3.71. The summed E-state index contributed by atoms with van der Waals surface area (Å²) in [5.74, 6) is -1.89. The first kappa shape index (κ1) is 10.8. The van der Waals surface area contributed by atoms with Gasteiger partial charge in [0.15, 0.2) is 0 Å². The van der Waals surface area contributed by atoms with Gasteiger partial charge in [-0.3, -0.25) is 19.7 Å². The Kier molecular flexibility index (Phi) is 2.36. The van der Waals surface area contributed by atoms with Crippen LogP contribution in [0.1, 0.15) is 10.4 Å². The highest BCUT2D eigenvalue weighted by Crippen LogP contribution is 2.23. The number of ketones is 1. The number of H-pyrrole nitrogens is 1. The molecule has 0 aliphatic heterocycles. The van der Waals surface area contributed by atoms with E-state index in [1.807, 2.05) is 0 Å². The highest BCUT2D eigenvalue weighted by atomic mass is 16.6. The van der Waals surface area contributed by atoms with E-state index in [1.54, 1.807) is 0 Å². The van der Waals surface area contributed by atoms with Crippen molar-refractivity contribution in [2.24, 2.45) is 5.73 Å². The number of nitro groups is 1. The smallest absolute Gasteiger partial charge is 0.289 e. The van der Waals surface area contributed by atoms with Gasteiger partial charge in [0.05, 0.1) is 16.0 Å². The monoisotopic (exact) mass is 233 g/mol. The van der Waals surface area contributed by atoms with E-state index >= 15 is 0 Å². The van der Waals surface area contributed by atoms with Crippen molar-refractivity contribution in [1.82, 2.24) is 4.98 Å². The van der Waals surface area contributed by atoms with Gasteiger partial charge < -0.3 is 10.7 Å². The van der Waals surface area contributed by atoms with Crippen LogP contribution in [0.15, 0.2) is 24.4 Å². The molecule has 2 aromatic rings. The summed E-state index contributed by atoms with van der Waals surface area (Å²) in [5.41, 5.74) is 5.31. The molecule has 0 aliphatic rings. The molecule has 3 N–H and O–H groups in total. The van der Waals surface area contributed by atoms with Crippen LogP contribution in [0.25, 0.3) is 10.9 Å². The molecule has 0 saturated carbocycles. The second-order valence-electron chi connectivity index (χ2n) is 3.38. The number of carbonyl (C=O) groups is 2. The molecule has 7 heteroatoms. The van der Waals surface area contributed by atoms with Gasteiger partial charge in [-0.25, -0.2) is 0 Å². The van der Waals surface area contributed by atoms with Crippen molar-refractivity contribution in [3.63, 3.8) is 0 Å². The Bertz CT molecular complexity index is 644. The fourth-order valence-electron chi connectivity index (χ4n) is 1.55. The van der Waals surface area contributed by atoms with E-state index in [-0.39, 0.29) is 11.3 Å². The molecule has 0 radical (unpaired) electrons. The molecule has 0 aliphatic carbocycles. The summed E-state index contributed by atoms with van der Waals surface area (Å²) < 4.78 is 0. The minimum absolute atomic E-state index is 0.0996. The minimum Gasteiger partial charge on any atom is -0.363 e. The number of nitrogens with zero attached hydrogens (tertiary/aromatic N) is 1. The molecule has 7 nitrogen and oxygen atoms in total. The van der Waals surface area contributed by atoms with Crippen molar-refractivity contribution in [3.8, 4) is 0 Å². The van der Waals surface area contributed by atoms with E-state index in [0.717, 1.165) is 0 Å². The molecule has 0 atom stereocenters. The number of primary amides is 1. The predicted octanol–water partition coefficient (Wildman–Crippen LogP) is 0.744. The van der Waals surface area contributed by atoms with Gasteiger partial charge in [0.25, 0.3) is 17.4 Å². The van der Waals surface area contributed by atoms with Crippen LogP contribution in [-0.2, 0) is 4.79 Å². The van der Waals surface area contributed by atoms with Crippen molar-refractivity contribution in [2.75, 3.05) is 0 Å². The lowest BCUT2D eigenvalue weighted by atomic mass is 10.1. The van der Waals surface area contributed by atoms with E-state index in [0.29, 0.717) is 10.9 Å². The third kappa shape index (κ3) is 1.73. The lowest BCUT2D eigenvalue weighted by Gasteiger charge is -1.94. The summed E-state index contributed by atoms with van der Waals surface area (Å²) in [6.07, 6.45) is 1.31. The SMILES string of the molecule is NC(=O)C(=O)c1c[nH]c2cc([N+](=O)[O-])ccc12. The number of rotatable bonds is 3. The number of fused-ring (bicyclic) bond motifs is 1. The van der Waals surface area contributed by atoms with Gasteiger partial charge in [-0.15, -0.1) is 0 Å². The Morgan fingerprint density at radius 2 is 2.06 bits per heavy atom. The Morgan fingerprint density at radius 3 is 2.65 bits per heavy atom. The normalized spacial score (nSPS) is 10.4. The van der Waals surface area contributed by atoms with Crippen LogP contribution >= 0.6 is 0 Å². The van der Waals surface area contributed by atoms with Gasteiger partial charge >= 0.3 is 0 Å². The van der Waals surface area contributed by atoms with Crippen molar-refractivity contribution < 1.29 is 14.5 Å². The highest BCUT2D eigenvalue weighted by Gasteiger charge is 2.18. The molecule has 1 aromatic heterocycles. The van der Waals surface area contributed by atoms with Crippen LogP contribution in [0.4, 0.5) is 5.69 Å². The molecule has 2 rings (SSSR count). The average Bonchev–Trinajstić information content (AvgIpc) is 2.70. The van der Waals surface area contributed by atoms with E-state index in [1.165, 1.54) is 24.4 Å². The molecule has 0 saturated heterocycles. The molecule has 0 fully saturated rings. The van der Waals surface area contributed by atoms with Crippen LogP contribution < -0.4 is 5.73 Å². The molecular weight excluding hydrogens is 226 g/mol. The average molecular weight is 233 g/mol. The van der Waals surface area contributed by atoms with Crippen molar-refractivity contribution in [3.05, 3.63) is 40.1 Å². The van der Waals surface area contributed by atoms with Crippen molar-refractivity contribution in [2.45, 2.75) is 0 Å². The van der Waals surface area contributed by atoms with Gasteiger partial charge in [-0.2, -0.15) is 0 Å². The molecule has 17 heavy (non-hydrogen) atoms. The summed E-state index contributed by atoms with van der Waals surface area (Å²) in [6, 6.07) is 3.95. The van der Waals surface area contributed by atoms with E-state index in [4.69, 9.17) is 5.73 Å². The molecule has 1 heterocycles. The molecular formula is C10H7N3O4. The van der Waals surface area contributed by atoms with Crippen LogP contribution in [0.3, 0.4) is 0 Å². The van der Waals surface area contributed by atoms with Gasteiger partial charge in [0.2, 0.25) is 0 Å². The molecule has 0 spiro atoms. The number of aromatic nitrogens is 1. The number of nitrogens with one attached hydrogen (secondary N) is 1. The lowest BCUT2D eigenvalue weighted by Crippen LogP contribution is -2.22. The van der Waals surface area contributed by atoms with E-state index < -0.39 is 16.6 Å². The molecule has 0 bridgehead atoms. The zero-order valence-corrected chi connectivity index (χ0v) is 8.47. The Labute approximate surface area is 94.4 Å². The molecule has 0 unspecified atom stereocenters. The highest BCUT2D eigenvalue weighted by molar-refractivity contribution is 6.44. The largest absolute Gasteiger partial charge is 0.363 e. The maximum Gasteiger partial charge on any atom is 0.289 e. The van der Waals surface area contributed by atoms with E-state index in [9.17, 15) is 19.7 Å². The Hall–Kier alpha value is -2.70. The predicted molar refractivity (Wildman–Crippen MR) is 58.5 cm³/mol. The fraction of sp³-hybridized carbons (Fsp3) is 0. The molecule has 86 valence electrons. The van der Waals surface area contributed by atoms with Crippen molar-refractivity contribution >= 4 is 28.3 Å². The Balaban J connectivity index is 2.60. The van der Waals surface area contributed by atoms with Crippen LogP contribution in [-0.4, -0.2) is 21.6 Å². The van der Waals surface area contributed by atoms with Gasteiger partial charge in [-0.1, -0.05) is 0 Å². The standard InChI is InChI=1S/C10H7N3O4/c11-10(15)9(14)7-4-12-8-3-5(13(16)17)1-2-6(7)8/h1-4,12H,(H2,11,15). The number of Topliss-reactive ketones (excluding diaryl/α,β-unsaturated/α-hetero) is 1. The lowest BCUT2D eigenvalue weighted by molar-refractivity contribution is -0.384. The number of carbonyl (C=O) groups excluding carboxylic acids is 2. The maximum absolute atomic E-state index is 11.4. The summed E-state index contributed by atoms with van der Waals surface area (Å²) >= 11 is 0. The molecule has 1 aromatic carbocycles. The zero-order valence-electron chi connectivity index (χ0n) is 8.47. The van der Waals surface area contributed by atoms with Crippen LogP contribution in [0.2, 0.25) is 0 Å². The van der Waals surface area contributed by atoms with Gasteiger partial charge in [0, 0.05) is 23.7 Å². The number of amides is 1. The third-order valence-electron chi connectivity index (χ3n) is 2.34. The Morgan fingerprint density at radius 1 is 1.35 bits per heavy atom. The first-order valence-electron chi connectivity index (χ1n) is 4.60. The minimum atomic E-state index is -1.07. The number of benzene rings is 1. The zero-order chi connectivity index (χ0) is 12.6. The van der Waals surface area contributed by atoms with Gasteiger partial charge in [-0.05, 0) is 6.07 Å². The van der Waals surface area contributed by atoms with Crippen LogP contribution in [0, 0.1) is 10.1 Å². The third-order valence-corrected chi connectivity index (χ3v) is 2.34. The number of aromatic amines is 1. The number of non-ortho nitro benzene ring substituents is 1. The number of hydrogen-bond acceptors (Lipinski definition) is 4. The summed E-state index contributed by atoms with van der Waals surface area (Å²) in [6.45, 7) is 0. The van der Waals surface area contributed by atoms with E-state index in [2.05, 4.69) is 4.98 Å². The first-order valence-corrected chi connectivity index (χ1v) is 4.60. The number of hydrogen-bond donors (Lipinski definition) is 2. The first-order chi connectivity index (χ1) is 8.00. The van der Waals surface area contributed by atoms with Gasteiger partial charge in [0.1, 0.15) is 0 Å². The maximum atomic E-state index is 11.4. The van der Waals surface area contributed by atoms with Crippen LogP contribution in [0.5, 0.6) is 0 Å². The number of nitrogens with two attached hydrogens (primary N) is 1. The number of nitro benzene ring substituents is 1. The summed E-state index contributed by atoms with van der Waals surface area (Å²) in [5, 5.41) is 11.0. The quantitative estimate of drug-likeness (QED) is 0.351. The second-order valence-corrected chi connectivity index (χ2v) is 3.38. The fourth-order valence-corrected chi connectivity index (χ4v) is 1.55.